The minimum atomic E-state index is -5.84. The number of carboxylic acids is 1. The van der Waals surface area contributed by atoms with E-state index < -0.39 is 135 Å². The molecular formula is C35H41N6O23P3S4. The van der Waals surface area contributed by atoms with E-state index >= 15 is 0 Å². The standard InChI is InChI=1S/C35H41N6O23P3S4/c1-35(2,69-68-15-59-23-12-26(41-10-9-25(38)40-34(41)45)61-24(23)13-60-66(49,50)64-67(51,52)63-65(46,47)48)14-39-32(42)16-3-4-17(20(11-16)33(43)44)27-18-5-7-21(36)30(70(53,54)55)28(18)62-29-19(27)6-8-22(37)31(29)71(56,57)58/h3-11,23-26,36H,12-15,37-38H2,1-2H3,(H,39,42)(H,40,45)(H,43,44)(H,49,50)(H,51,52)(H2,46,47,48)(H,53,54,55)(H,56,57,58)/t23?,24-,25?,26-/m1/s1. The summed E-state index contributed by atoms with van der Waals surface area (Å²) in [5.41, 5.74) is 8.83. The number of phosphoric ester groups is 1. The number of phosphoric acid groups is 3. The van der Waals surface area contributed by atoms with Crippen molar-refractivity contribution in [2.75, 3.05) is 24.8 Å². The molecule has 0 radical (unpaired) electrons. The van der Waals surface area contributed by atoms with Gasteiger partial charge in [0.15, 0.2) is 21.1 Å². The van der Waals surface area contributed by atoms with Crippen LogP contribution in [0.15, 0.2) is 68.9 Å². The number of rotatable bonds is 20. The van der Waals surface area contributed by atoms with Crippen LogP contribution in [-0.2, 0) is 56.6 Å². The predicted octanol–water partition coefficient (Wildman–Crippen LogP) is 2.97. The Morgan fingerprint density at radius 3 is 2.27 bits per heavy atom. The lowest BCUT2D eigenvalue weighted by atomic mass is 9.89. The number of hydrogen-bond donors (Lipinski definition) is 12. The van der Waals surface area contributed by atoms with Crippen molar-refractivity contribution in [3.63, 3.8) is 0 Å². The third-order valence-electron chi connectivity index (χ3n) is 9.87. The van der Waals surface area contributed by atoms with Crippen molar-refractivity contribution in [2.24, 2.45) is 5.73 Å². The number of aromatic carboxylic acids is 1. The lowest BCUT2D eigenvalue weighted by molar-refractivity contribution is -0.0608. The maximum absolute atomic E-state index is 13.6. The summed E-state index contributed by atoms with van der Waals surface area (Å²) in [6, 6.07) is 7.04. The molecule has 1 aliphatic carbocycles. The van der Waals surface area contributed by atoms with Gasteiger partial charge in [-0.1, -0.05) is 27.7 Å². The quantitative estimate of drug-likeness (QED) is 0.0115. The van der Waals surface area contributed by atoms with Crippen molar-refractivity contribution in [3.05, 3.63) is 71.2 Å². The van der Waals surface area contributed by atoms with E-state index in [-0.39, 0.29) is 46.5 Å². The lowest BCUT2D eigenvalue weighted by Gasteiger charge is -2.30. The van der Waals surface area contributed by atoms with E-state index in [2.05, 4.69) is 19.3 Å². The molecule has 2 aromatic carbocycles. The minimum Gasteiger partial charge on any atom is -0.478 e. The summed E-state index contributed by atoms with van der Waals surface area (Å²) in [5, 5.41) is 22.7. The van der Waals surface area contributed by atoms with E-state index in [4.69, 9.17) is 45.1 Å². The molecule has 4 unspecified atom stereocenters. The smallest absolute Gasteiger partial charge is 0.478 e. The average molecular weight is 1130 g/mol. The van der Waals surface area contributed by atoms with E-state index in [0.717, 1.165) is 40.0 Å². The summed E-state index contributed by atoms with van der Waals surface area (Å²) in [6.07, 6.45) is -1.54. The first kappa shape index (κ1) is 56.0. The van der Waals surface area contributed by atoms with Crippen molar-refractivity contribution in [1.82, 2.24) is 15.5 Å². The van der Waals surface area contributed by atoms with Gasteiger partial charge in [-0.3, -0.25) is 28.7 Å². The number of carbonyl (C=O) groups is 3. The molecule has 0 bridgehead atoms. The highest BCUT2D eigenvalue weighted by molar-refractivity contribution is 8.77. The van der Waals surface area contributed by atoms with Crippen molar-refractivity contribution < 1.29 is 106 Å². The number of fused-ring (bicyclic) bond motifs is 2. The highest BCUT2D eigenvalue weighted by Crippen LogP contribution is 2.66. The number of carbonyl (C=O) groups excluding carboxylic acids is 2. The summed E-state index contributed by atoms with van der Waals surface area (Å²) in [7, 11) is -25.3. The van der Waals surface area contributed by atoms with Gasteiger partial charge in [-0.2, -0.15) is 25.5 Å². The Bertz CT molecular complexity index is 3240. The van der Waals surface area contributed by atoms with Gasteiger partial charge in [0.25, 0.3) is 26.1 Å². The van der Waals surface area contributed by atoms with E-state index in [1.165, 1.54) is 41.3 Å². The van der Waals surface area contributed by atoms with Gasteiger partial charge in [0.2, 0.25) is 0 Å². The molecule has 3 heterocycles. The molecule has 29 nitrogen and oxygen atoms in total. The van der Waals surface area contributed by atoms with Crippen LogP contribution >= 0.6 is 45.1 Å². The van der Waals surface area contributed by atoms with E-state index in [1.54, 1.807) is 13.8 Å². The Kier molecular flexibility index (Phi) is 16.5. The summed E-state index contributed by atoms with van der Waals surface area (Å²) in [6.45, 7) is 2.48. The number of hydrogen-bond acceptors (Lipinski definition) is 21. The number of nitrogens with two attached hydrogens (primary N) is 2. The molecular weight excluding hydrogens is 1090 g/mol. The molecule has 2 aromatic rings. The Morgan fingerprint density at radius 2 is 1.65 bits per heavy atom. The van der Waals surface area contributed by atoms with Crippen LogP contribution in [-0.4, -0.2) is 122 Å². The van der Waals surface area contributed by atoms with Crippen LogP contribution in [0, 0.1) is 5.41 Å². The molecule has 0 saturated carbocycles. The summed E-state index contributed by atoms with van der Waals surface area (Å²) in [5.74, 6) is -3.32. The first-order valence-electron chi connectivity index (χ1n) is 19.5. The largest absolute Gasteiger partial charge is 0.490 e. The van der Waals surface area contributed by atoms with E-state index in [1.807, 2.05) is 0 Å². The number of anilines is 1. The molecule has 4 aliphatic rings. The summed E-state index contributed by atoms with van der Waals surface area (Å²) >= 11 is 0. The van der Waals surface area contributed by atoms with Crippen molar-refractivity contribution in [1.29, 1.82) is 5.41 Å². The van der Waals surface area contributed by atoms with Crippen LogP contribution in [0.5, 0.6) is 0 Å². The van der Waals surface area contributed by atoms with Crippen LogP contribution < -0.4 is 27.5 Å². The number of nitrogen functional groups attached to an aromatic ring is 1. The van der Waals surface area contributed by atoms with Gasteiger partial charge < -0.3 is 60.7 Å². The molecule has 3 aliphatic heterocycles. The van der Waals surface area contributed by atoms with Gasteiger partial charge in [0.1, 0.15) is 18.3 Å². The Hall–Kier alpha value is -4.31. The Morgan fingerprint density at radius 1 is 0.986 bits per heavy atom. The number of carboxylic acid groups (broad SMARTS) is 1. The van der Waals surface area contributed by atoms with Crippen molar-refractivity contribution in [3.8, 4) is 22.5 Å². The highest BCUT2D eigenvalue weighted by atomic mass is 33.1. The fourth-order valence-corrected chi connectivity index (χ4v) is 13.7. The first-order chi connectivity index (χ1) is 32.7. The topological polar surface area (TPSA) is 475 Å². The molecule has 1 fully saturated rings. The van der Waals surface area contributed by atoms with Crippen LogP contribution in [0.2, 0.25) is 0 Å². The van der Waals surface area contributed by atoms with Crippen molar-refractivity contribution >= 4 is 99.9 Å². The van der Waals surface area contributed by atoms with Gasteiger partial charge in [-0.05, 0) is 61.9 Å². The van der Waals surface area contributed by atoms with Gasteiger partial charge >= 0.3 is 35.5 Å². The molecule has 1 saturated heterocycles. The normalized spacial score (nSPS) is 20.7. The molecule has 0 spiro atoms. The van der Waals surface area contributed by atoms with Crippen LogP contribution in [0.1, 0.15) is 41.0 Å². The molecule has 3 amide bonds. The second-order valence-electron chi connectivity index (χ2n) is 15.6. The first-order valence-corrected chi connectivity index (χ1v) is 29.3. The maximum atomic E-state index is 13.6. The monoisotopic (exact) mass is 1130 g/mol. The number of amides is 3. The predicted molar refractivity (Wildman–Crippen MR) is 247 cm³/mol. The fourth-order valence-electron chi connectivity index (χ4n) is 7.01. The Labute approximate surface area is 408 Å². The number of urea groups is 1. The minimum absolute atomic E-state index is 0.0628. The SMILES string of the molecule is CC(C)(CNC(=O)c1ccc(-c2c3ccc(=N)c(S(=O)(=O)O)c-3oc3c(S(=O)(=O)O)c(N)ccc23)c(C(=O)O)c1)SSCOC1C[C@H](N2C=CC(N)NC2=O)O[C@@H]1COP(=O)(O)OP(=O)(O)OP(=O)(O)O. The van der Waals surface area contributed by atoms with Crippen LogP contribution in [0.25, 0.3) is 33.4 Å². The molecule has 71 heavy (non-hydrogen) atoms. The summed E-state index contributed by atoms with van der Waals surface area (Å²) < 4.78 is 134. The van der Waals surface area contributed by atoms with E-state index in [9.17, 15) is 68.9 Å². The Balaban J connectivity index is 1.17. The maximum Gasteiger partial charge on any atom is 0.490 e. The van der Waals surface area contributed by atoms with Gasteiger partial charge in [0.05, 0.1) is 35.5 Å². The average Bonchev–Trinajstić information content (AvgIpc) is 3.62. The van der Waals surface area contributed by atoms with Crippen LogP contribution in [0.3, 0.4) is 0 Å². The molecule has 36 heteroatoms. The van der Waals surface area contributed by atoms with Gasteiger partial charge in [-0.15, -0.1) is 0 Å². The molecule has 388 valence electrons. The highest BCUT2D eigenvalue weighted by Gasteiger charge is 2.45. The fraction of sp³-hybridized carbons (Fsp3) is 0.314. The van der Waals surface area contributed by atoms with E-state index in [0.29, 0.717) is 0 Å². The number of ether oxygens (including phenoxy) is 2. The zero-order valence-electron chi connectivity index (χ0n) is 36.1. The molecule has 6 rings (SSSR count). The van der Waals surface area contributed by atoms with Crippen molar-refractivity contribution in [2.45, 2.75) is 59.4 Å². The molecule has 6 atom stereocenters. The number of nitrogens with one attached hydrogen (secondary N) is 3. The van der Waals surface area contributed by atoms with Gasteiger partial charge in [0, 0.05) is 46.0 Å². The molecule has 0 aromatic heterocycles. The lowest BCUT2D eigenvalue weighted by Crippen LogP contribution is -2.52. The third kappa shape index (κ3) is 13.7. The second-order valence-corrected chi connectivity index (χ2v) is 25.7. The second kappa shape index (κ2) is 20.9. The van der Waals surface area contributed by atoms with Gasteiger partial charge in [-0.25, -0.2) is 23.3 Å². The van der Waals surface area contributed by atoms with Crippen LogP contribution in [0.4, 0.5) is 10.5 Å². The zero-order chi connectivity index (χ0) is 52.8. The zero-order valence-corrected chi connectivity index (χ0v) is 42.0. The number of nitrogens with zero attached hydrogens (tertiary/aromatic N) is 1. The summed E-state index contributed by atoms with van der Waals surface area (Å²) in [4.78, 5) is 75.1. The molecule has 14 N–H and O–H groups in total. The number of benzene rings is 3. The third-order valence-corrected chi connectivity index (χ3v) is 18.5.